The molecule has 0 saturated heterocycles. The van der Waals surface area contributed by atoms with Crippen LogP contribution in [-0.2, 0) is 9.47 Å². The second-order valence-corrected chi connectivity index (χ2v) is 4.84. The van der Waals surface area contributed by atoms with Gasteiger partial charge in [0, 0.05) is 23.8 Å². The van der Waals surface area contributed by atoms with Gasteiger partial charge in [-0.2, -0.15) is 0 Å². The van der Waals surface area contributed by atoms with E-state index >= 15 is 0 Å². The lowest BCUT2D eigenvalue weighted by molar-refractivity contribution is 0.0642. The number of rotatable bonds is 7. The van der Waals surface area contributed by atoms with Crippen molar-refractivity contribution in [3.63, 3.8) is 0 Å². The zero-order valence-electron chi connectivity index (χ0n) is 10.3. The molecular formula is C14H16O3S. The predicted molar refractivity (Wildman–Crippen MR) is 73.5 cm³/mol. The van der Waals surface area contributed by atoms with Gasteiger partial charge in [-0.05, 0) is 22.9 Å². The highest BCUT2D eigenvalue weighted by molar-refractivity contribution is 7.17. The Morgan fingerprint density at radius 1 is 1.22 bits per heavy atom. The third-order valence-electron chi connectivity index (χ3n) is 2.68. The van der Waals surface area contributed by atoms with Crippen molar-refractivity contribution < 1.29 is 14.3 Å². The van der Waals surface area contributed by atoms with Crippen molar-refractivity contribution >= 4 is 27.2 Å². The lowest BCUT2D eigenvalue weighted by Gasteiger charge is -2.04. The fourth-order valence-electron chi connectivity index (χ4n) is 1.76. The summed E-state index contributed by atoms with van der Waals surface area (Å²) in [7, 11) is 1.63. The standard InChI is InChI=1S/C14H16O3S/c1-16-8-9-17-7-5-13(15)12-4-2-3-11-6-10-18-14(11)12/h2-4,6,10H,5,7-9H2,1H3. The van der Waals surface area contributed by atoms with Gasteiger partial charge in [-0.15, -0.1) is 11.3 Å². The minimum Gasteiger partial charge on any atom is -0.382 e. The summed E-state index contributed by atoms with van der Waals surface area (Å²) in [6.45, 7) is 1.55. The minimum atomic E-state index is 0.139. The first kappa shape index (κ1) is 13.2. The van der Waals surface area contributed by atoms with Crippen molar-refractivity contribution in [3.05, 3.63) is 35.2 Å². The maximum absolute atomic E-state index is 12.1. The summed E-state index contributed by atoms with van der Waals surface area (Å²) >= 11 is 1.61. The van der Waals surface area contributed by atoms with E-state index in [0.29, 0.717) is 26.2 Å². The van der Waals surface area contributed by atoms with Crippen molar-refractivity contribution in [1.29, 1.82) is 0 Å². The monoisotopic (exact) mass is 264 g/mol. The summed E-state index contributed by atoms with van der Waals surface area (Å²) in [5, 5.41) is 3.14. The van der Waals surface area contributed by atoms with Gasteiger partial charge in [0.1, 0.15) is 0 Å². The lowest BCUT2D eigenvalue weighted by Crippen LogP contribution is -2.08. The van der Waals surface area contributed by atoms with Gasteiger partial charge >= 0.3 is 0 Å². The van der Waals surface area contributed by atoms with E-state index in [0.717, 1.165) is 15.6 Å². The molecule has 0 fully saturated rings. The van der Waals surface area contributed by atoms with Crippen LogP contribution in [0.3, 0.4) is 0 Å². The van der Waals surface area contributed by atoms with Crippen molar-refractivity contribution in [1.82, 2.24) is 0 Å². The van der Waals surface area contributed by atoms with Gasteiger partial charge in [0.25, 0.3) is 0 Å². The molecule has 0 saturated carbocycles. The molecule has 1 aromatic heterocycles. The summed E-state index contributed by atoms with van der Waals surface area (Å²) < 4.78 is 11.3. The Balaban J connectivity index is 1.94. The zero-order valence-corrected chi connectivity index (χ0v) is 11.2. The van der Waals surface area contributed by atoms with Crippen LogP contribution >= 0.6 is 11.3 Å². The van der Waals surface area contributed by atoms with Gasteiger partial charge in [0.2, 0.25) is 0 Å². The molecule has 1 aromatic carbocycles. The first-order chi connectivity index (χ1) is 8.83. The smallest absolute Gasteiger partial charge is 0.166 e. The number of fused-ring (bicyclic) bond motifs is 1. The first-order valence-electron chi connectivity index (χ1n) is 5.89. The van der Waals surface area contributed by atoms with Gasteiger partial charge in [-0.25, -0.2) is 0 Å². The molecule has 2 aromatic rings. The minimum absolute atomic E-state index is 0.139. The molecule has 0 spiro atoms. The quantitative estimate of drug-likeness (QED) is 0.569. The highest BCUT2D eigenvalue weighted by Crippen LogP contribution is 2.25. The molecule has 96 valence electrons. The van der Waals surface area contributed by atoms with Crippen molar-refractivity contribution in [2.45, 2.75) is 6.42 Å². The van der Waals surface area contributed by atoms with Gasteiger partial charge in [-0.1, -0.05) is 12.1 Å². The van der Waals surface area contributed by atoms with E-state index in [1.807, 2.05) is 29.6 Å². The Bertz CT molecular complexity index is 518. The molecule has 4 heteroatoms. The zero-order chi connectivity index (χ0) is 12.8. The van der Waals surface area contributed by atoms with Gasteiger partial charge in [0.15, 0.2) is 5.78 Å². The molecule has 0 aliphatic heterocycles. The Morgan fingerprint density at radius 2 is 2.11 bits per heavy atom. The maximum atomic E-state index is 12.1. The fraction of sp³-hybridized carbons (Fsp3) is 0.357. The van der Waals surface area contributed by atoms with Crippen molar-refractivity contribution in [3.8, 4) is 0 Å². The summed E-state index contributed by atoms with van der Waals surface area (Å²) in [6.07, 6.45) is 0.417. The molecule has 2 rings (SSSR count). The average Bonchev–Trinajstić information content (AvgIpc) is 2.86. The van der Waals surface area contributed by atoms with Crippen LogP contribution in [-0.4, -0.2) is 32.7 Å². The van der Waals surface area contributed by atoms with Crippen LogP contribution in [0.5, 0.6) is 0 Å². The second kappa shape index (κ2) is 6.64. The number of ketones is 1. The fourth-order valence-corrected chi connectivity index (χ4v) is 2.69. The number of methoxy groups -OCH3 is 1. The molecule has 0 aliphatic carbocycles. The first-order valence-corrected chi connectivity index (χ1v) is 6.77. The number of benzene rings is 1. The van der Waals surface area contributed by atoms with Crippen LogP contribution in [0.2, 0.25) is 0 Å². The highest BCUT2D eigenvalue weighted by atomic mass is 32.1. The molecule has 0 amide bonds. The molecule has 0 N–H and O–H groups in total. The van der Waals surface area contributed by atoms with E-state index in [-0.39, 0.29) is 5.78 Å². The molecular weight excluding hydrogens is 248 g/mol. The second-order valence-electron chi connectivity index (χ2n) is 3.92. The maximum Gasteiger partial charge on any atom is 0.166 e. The number of Topliss-reactive ketones (excluding diaryl/α,β-unsaturated/α-hetero) is 1. The van der Waals surface area contributed by atoms with Gasteiger partial charge in [-0.3, -0.25) is 4.79 Å². The molecule has 0 aliphatic rings. The summed E-state index contributed by atoms with van der Waals surface area (Å²) in [5.74, 6) is 0.139. The largest absolute Gasteiger partial charge is 0.382 e. The van der Waals surface area contributed by atoms with Crippen LogP contribution in [0.15, 0.2) is 29.6 Å². The van der Waals surface area contributed by atoms with Crippen LogP contribution in [0.4, 0.5) is 0 Å². The van der Waals surface area contributed by atoms with E-state index < -0.39 is 0 Å². The molecule has 0 bridgehead atoms. The third-order valence-corrected chi connectivity index (χ3v) is 3.65. The Morgan fingerprint density at radius 3 is 2.94 bits per heavy atom. The number of hydrogen-bond acceptors (Lipinski definition) is 4. The van der Waals surface area contributed by atoms with E-state index in [9.17, 15) is 4.79 Å². The molecule has 3 nitrogen and oxygen atoms in total. The number of carbonyl (C=O) groups excluding carboxylic acids is 1. The normalized spacial score (nSPS) is 10.9. The summed E-state index contributed by atoms with van der Waals surface area (Å²) in [5.41, 5.74) is 0.804. The SMILES string of the molecule is COCCOCCC(=O)c1cccc2ccsc12. The van der Waals surface area contributed by atoms with E-state index in [1.54, 1.807) is 18.4 Å². The number of carbonyl (C=O) groups is 1. The van der Waals surface area contributed by atoms with E-state index in [1.165, 1.54) is 0 Å². The van der Waals surface area contributed by atoms with Crippen LogP contribution in [0.25, 0.3) is 10.1 Å². The Kier molecular flexibility index (Phi) is 4.87. The van der Waals surface area contributed by atoms with Crippen molar-refractivity contribution in [2.24, 2.45) is 0 Å². The van der Waals surface area contributed by atoms with E-state index in [2.05, 4.69) is 0 Å². The van der Waals surface area contributed by atoms with Crippen LogP contribution < -0.4 is 0 Å². The molecule has 0 atom stereocenters. The number of thiophene rings is 1. The highest BCUT2D eigenvalue weighted by Gasteiger charge is 2.10. The summed E-state index contributed by atoms with van der Waals surface area (Å²) in [6, 6.07) is 7.87. The van der Waals surface area contributed by atoms with Gasteiger partial charge in [0.05, 0.1) is 19.8 Å². The van der Waals surface area contributed by atoms with Gasteiger partial charge < -0.3 is 9.47 Å². The number of ether oxygens (including phenoxy) is 2. The lowest BCUT2D eigenvalue weighted by atomic mass is 10.1. The van der Waals surface area contributed by atoms with Crippen molar-refractivity contribution in [2.75, 3.05) is 26.9 Å². The molecule has 0 unspecified atom stereocenters. The topological polar surface area (TPSA) is 35.5 Å². The molecule has 1 heterocycles. The van der Waals surface area contributed by atoms with Crippen LogP contribution in [0.1, 0.15) is 16.8 Å². The van der Waals surface area contributed by atoms with E-state index in [4.69, 9.17) is 9.47 Å². The Labute approximate surface area is 110 Å². The summed E-state index contributed by atoms with van der Waals surface area (Å²) in [4.78, 5) is 12.1. The van der Waals surface area contributed by atoms with Crippen LogP contribution in [0, 0.1) is 0 Å². The number of hydrogen-bond donors (Lipinski definition) is 0. The predicted octanol–water partition coefficient (Wildman–Crippen LogP) is 3.14. The molecule has 18 heavy (non-hydrogen) atoms. The Hall–Kier alpha value is -1.23. The average molecular weight is 264 g/mol. The third kappa shape index (κ3) is 3.16. The molecule has 0 radical (unpaired) electrons.